The molecule has 0 saturated carbocycles. The molecule has 2 aliphatic rings. The van der Waals surface area contributed by atoms with Crippen LogP contribution >= 0.6 is 35.7 Å². The van der Waals surface area contributed by atoms with Gasteiger partial charge in [-0.1, -0.05) is 0 Å². The van der Waals surface area contributed by atoms with Crippen LogP contribution in [0.15, 0.2) is 4.99 Å². The third-order valence-electron chi connectivity index (χ3n) is 4.77. The minimum Gasteiger partial charge on any atom is -0.373 e. The molecule has 0 radical (unpaired) electrons. The number of aliphatic imine (C=N–C) groups is 1. The highest BCUT2D eigenvalue weighted by molar-refractivity contribution is 14.0. The molecule has 2 rings (SSSR count). The van der Waals surface area contributed by atoms with Crippen LogP contribution in [0.4, 0.5) is 0 Å². The molecule has 0 spiro atoms. The number of morpholine rings is 1. The van der Waals surface area contributed by atoms with Crippen molar-refractivity contribution >= 4 is 41.7 Å². The zero-order valence-electron chi connectivity index (χ0n) is 16.5. The maximum absolute atomic E-state index is 5.87. The van der Waals surface area contributed by atoms with Crippen LogP contribution in [0.1, 0.15) is 47.5 Å². The Morgan fingerprint density at radius 3 is 2.48 bits per heavy atom. The van der Waals surface area contributed by atoms with Gasteiger partial charge in [0.2, 0.25) is 0 Å². The molecule has 0 aromatic rings. The lowest BCUT2D eigenvalue weighted by atomic mass is 10.0. The fourth-order valence-corrected chi connectivity index (χ4v) is 4.60. The summed E-state index contributed by atoms with van der Waals surface area (Å²) in [6, 6.07) is 0. The Morgan fingerprint density at radius 2 is 1.92 bits per heavy atom. The van der Waals surface area contributed by atoms with E-state index in [2.05, 4.69) is 61.9 Å². The molecule has 5 nitrogen and oxygen atoms in total. The van der Waals surface area contributed by atoms with Gasteiger partial charge in [-0.25, -0.2) is 0 Å². The summed E-state index contributed by atoms with van der Waals surface area (Å²) < 4.78 is 5.87. The summed E-state index contributed by atoms with van der Waals surface area (Å²) in [4.78, 5) is 7.39. The summed E-state index contributed by atoms with van der Waals surface area (Å²) in [6.45, 7) is 15.7. The standard InChI is InChI=1S/C18H36N4OS.HI/c1-6-19-17(20-10-16-8-7-9-24-16)21-13-18(4,5)22-11-14(2)23-15(3)12-22;/h14-16H,6-13H2,1-5H3,(H2,19,20,21);1H. The first-order valence-corrected chi connectivity index (χ1v) is 10.5. The van der Waals surface area contributed by atoms with E-state index in [1.165, 1.54) is 18.6 Å². The highest BCUT2D eigenvalue weighted by Crippen LogP contribution is 2.25. The van der Waals surface area contributed by atoms with E-state index in [0.29, 0.717) is 12.2 Å². The third-order valence-corrected chi connectivity index (χ3v) is 6.16. The SMILES string of the molecule is CCNC(=NCC(C)(C)N1CC(C)OC(C)C1)NCC1CCCS1.I. The summed E-state index contributed by atoms with van der Waals surface area (Å²) in [5, 5.41) is 7.66. The number of guanidine groups is 1. The fraction of sp³-hybridized carbons (Fsp3) is 0.944. The Morgan fingerprint density at radius 1 is 1.24 bits per heavy atom. The second kappa shape index (κ2) is 11.2. The Kier molecular flexibility index (Phi) is 10.4. The van der Waals surface area contributed by atoms with Crippen molar-refractivity contribution < 1.29 is 4.74 Å². The molecule has 25 heavy (non-hydrogen) atoms. The number of hydrogen-bond acceptors (Lipinski definition) is 4. The van der Waals surface area contributed by atoms with Gasteiger partial charge in [0, 0.05) is 37.0 Å². The van der Waals surface area contributed by atoms with Gasteiger partial charge in [0.15, 0.2) is 5.96 Å². The molecular formula is C18H37IN4OS. The molecule has 0 amide bonds. The van der Waals surface area contributed by atoms with Gasteiger partial charge in [-0.15, -0.1) is 24.0 Å². The van der Waals surface area contributed by atoms with Gasteiger partial charge in [0.25, 0.3) is 0 Å². The molecule has 2 saturated heterocycles. The maximum Gasteiger partial charge on any atom is 0.191 e. The fourth-order valence-electron chi connectivity index (χ4n) is 3.40. The molecule has 7 heteroatoms. The van der Waals surface area contributed by atoms with Crippen LogP contribution in [0, 0.1) is 0 Å². The van der Waals surface area contributed by atoms with Crippen LogP contribution in [-0.4, -0.2) is 72.3 Å². The van der Waals surface area contributed by atoms with Crippen molar-refractivity contribution in [2.75, 3.05) is 38.5 Å². The molecule has 0 aromatic carbocycles. The highest BCUT2D eigenvalue weighted by Gasteiger charge is 2.33. The van der Waals surface area contributed by atoms with E-state index in [0.717, 1.165) is 43.9 Å². The van der Waals surface area contributed by atoms with Crippen molar-refractivity contribution in [1.29, 1.82) is 0 Å². The number of ether oxygens (including phenoxy) is 1. The summed E-state index contributed by atoms with van der Waals surface area (Å²) in [7, 11) is 0. The van der Waals surface area contributed by atoms with Crippen molar-refractivity contribution in [2.24, 2.45) is 4.99 Å². The lowest BCUT2D eigenvalue weighted by Gasteiger charge is -2.44. The quantitative estimate of drug-likeness (QED) is 0.345. The monoisotopic (exact) mass is 484 g/mol. The van der Waals surface area contributed by atoms with Crippen LogP contribution in [0.25, 0.3) is 0 Å². The number of nitrogens with one attached hydrogen (secondary N) is 2. The number of halogens is 1. The highest BCUT2D eigenvalue weighted by atomic mass is 127. The molecule has 0 aliphatic carbocycles. The van der Waals surface area contributed by atoms with E-state index >= 15 is 0 Å². The van der Waals surface area contributed by atoms with Crippen molar-refractivity contribution in [1.82, 2.24) is 15.5 Å². The van der Waals surface area contributed by atoms with E-state index in [1.54, 1.807) is 0 Å². The minimum atomic E-state index is 0. The Balaban J connectivity index is 0.00000312. The third kappa shape index (κ3) is 7.81. The van der Waals surface area contributed by atoms with Crippen molar-refractivity contribution in [3.8, 4) is 0 Å². The van der Waals surface area contributed by atoms with Crippen LogP contribution in [-0.2, 0) is 4.74 Å². The van der Waals surface area contributed by atoms with Gasteiger partial charge in [-0.3, -0.25) is 9.89 Å². The molecule has 2 N–H and O–H groups in total. The largest absolute Gasteiger partial charge is 0.373 e. The Bertz CT molecular complexity index is 406. The summed E-state index contributed by atoms with van der Waals surface area (Å²) in [6.07, 6.45) is 3.27. The van der Waals surface area contributed by atoms with Gasteiger partial charge >= 0.3 is 0 Å². The molecule has 3 unspecified atom stereocenters. The summed E-state index contributed by atoms with van der Waals surface area (Å²) >= 11 is 2.08. The van der Waals surface area contributed by atoms with Crippen LogP contribution < -0.4 is 10.6 Å². The van der Waals surface area contributed by atoms with Gasteiger partial charge in [0.1, 0.15) is 0 Å². The van der Waals surface area contributed by atoms with Crippen molar-refractivity contribution in [3.05, 3.63) is 0 Å². The van der Waals surface area contributed by atoms with E-state index in [9.17, 15) is 0 Å². The Hall–Kier alpha value is 0.270. The minimum absolute atomic E-state index is 0. The zero-order chi connectivity index (χ0) is 17.6. The van der Waals surface area contributed by atoms with Gasteiger partial charge in [0.05, 0.1) is 18.8 Å². The predicted molar refractivity (Wildman–Crippen MR) is 121 cm³/mol. The lowest BCUT2D eigenvalue weighted by molar-refractivity contribution is -0.0939. The van der Waals surface area contributed by atoms with Crippen LogP contribution in [0.3, 0.4) is 0 Å². The molecule has 2 heterocycles. The number of hydrogen-bond donors (Lipinski definition) is 2. The van der Waals surface area contributed by atoms with Crippen molar-refractivity contribution in [2.45, 2.75) is 70.5 Å². The average Bonchev–Trinajstić information content (AvgIpc) is 3.02. The maximum atomic E-state index is 5.87. The second-order valence-electron chi connectivity index (χ2n) is 7.69. The number of rotatable bonds is 6. The van der Waals surface area contributed by atoms with E-state index in [1.807, 2.05) is 0 Å². The first kappa shape index (κ1) is 23.3. The molecular weight excluding hydrogens is 447 g/mol. The predicted octanol–water partition coefficient (Wildman–Crippen LogP) is 2.94. The summed E-state index contributed by atoms with van der Waals surface area (Å²) in [5.74, 6) is 2.26. The molecule has 148 valence electrons. The topological polar surface area (TPSA) is 48.9 Å². The molecule has 0 aromatic heterocycles. The molecule has 3 atom stereocenters. The van der Waals surface area contributed by atoms with E-state index in [-0.39, 0.29) is 29.5 Å². The number of nitrogens with zero attached hydrogens (tertiary/aromatic N) is 2. The van der Waals surface area contributed by atoms with Gasteiger partial charge in [-0.2, -0.15) is 11.8 Å². The van der Waals surface area contributed by atoms with Gasteiger partial charge in [-0.05, 0) is 53.2 Å². The molecule has 2 aliphatic heterocycles. The van der Waals surface area contributed by atoms with Crippen LogP contribution in [0.2, 0.25) is 0 Å². The lowest BCUT2D eigenvalue weighted by Crippen LogP contribution is -2.56. The smallest absolute Gasteiger partial charge is 0.191 e. The normalized spacial score (nSPS) is 28.5. The molecule has 2 fully saturated rings. The Labute approximate surface area is 175 Å². The average molecular weight is 484 g/mol. The molecule has 0 bridgehead atoms. The number of thioether (sulfide) groups is 1. The first-order valence-electron chi connectivity index (χ1n) is 9.45. The summed E-state index contributed by atoms with van der Waals surface area (Å²) in [5.41, 5.74) is 0.0385. The zero-order valence-corrected chi connectivity index (χ0v) is 19.7. The van der Waals surface area contributed by atoms with Crippen LogP contribution in [0.5, 0.6) is 0 Å². The van der Waals surface area contributed by atoms with Crippen molar-refractivity contribution in [3.63, 3.8) is 0 Å². The first-order chi connectivity index (χ1) is 11.4. The second-order valence-corrected chi connectivity index (χ2v) is 9.09. The van der Waals surface area contributed by atoms with E-state index < -0.39 is 0 Å². The van der Waals surface area contributed by atoms with Gasteiger partial charge < -0.3 is 15.4 Å². The van der Waals surface area contributed by atoms with E-state index in [4.69, 9.17) is 9.73 Å².